The maximum Gasteiger partial charge on any atom is 0.253 e. The monoisotopic (exact) mass is 289 g/mol. The highest BCUT2D eigenvalue weighted by Crippen LogP contribution is 2.29. The fourth-order valence-electron chi connectivity index (χ4n) is 2.79. The molecule has 1 amide bonds. The minimum absolute atomic E-state index is 0.0134. The van der Waals surface area contributed by atoms with Crippen molar-refractivity contribution >= 4 is 11.6 Å². The highest BCUT2D eigenvalue weighted by atomic mass is 16.1. The molecule has 0 aliphatic carbocycles. The molecule has 116 valence electrons. The van der Waals surface area contributed by atoms with Crippen LogP contribution < -0.4 is 10.6 Å². The van der Waals surface area contributed by atoms with Crippen LogP contribution in [0.25, 0.3) is 0 Å². The van der Waals surface area contributed by atoms with Crippen LogP contribution in [0.1, 0.15) is 35.7 Å². The van der Waals surface area contributed by atoms with Crippen molar-refractivity contribution in [3.63, 3.8) is 0 Å². The number of amides is 1. The van der Waals surface area contributed by atoms with Gasteiger partial charge in [0.05, 0.1) is 5.56 Å². The van der Waals surface area contributed by atoms with Gasteiger partial charge in [0.25, 0.3) is 5.91 Å². The Morgan fingerprint density at radius 2 is 2.00 bits per heavy atom. The molecule has 1 aliphatic rings. The molecule has 0 spiro atoms. The standard InChI is InChI=1S/C17H27N3O/c1-13-5-6-14(15(11-13)18-3)16(21)19-12-17(2)7-9-20(4)10-8-17/h5-6,11,18H,7-10,12H2,1-4H3,(H,19,21). The van der Waals surface area contributed by atoms with Crippen LogP contribution >= 0.6 is 0 Å². The summed E-state index contributed by atoms with van der Waals surface area (Å²) in [4.78, 5) is 14.8. The Morgan fingerprint density at radius 1 is 1.33 bits per heavy atom. The van der Waals surface area contributed by atoms with Gasteiger partial charge in [-0.3, -0.25) is 4.79 Å². The number of rotatable bonds is 4. The fraction of sp³-hybridized carbons (Fsp3) is 0.588. The van der Waals surface area contributed by atoms with Crippen molar-refractivity contribution < 1.29 is 4.79 Å². The zero-order valence-corrected chi connectivity index (χ0v) is 13.6. The van der Waals surface area contributed by atoms with E-state index in [9.17, 15) is 4.79 Å². The van der Waals surface area contributed by atoms with Crippen LogP contribution in [0.4, 0.5) is 5.69 Å². The molecule has 2 N–H and O–H groups in total. The summed E-state index contributed by atoms with van der Waals surface area (Å²) in [6.07, 6.45) is 2.27. The van der Waals surface area contributed by atoms with E-state index in [2.05, 4.69) is 29.5 Å². The Labute approximate surface area is 127 Å². The van der Waals surface area contributed by atoms with E-state index in [-0.39, 0.29) is 11.3 Å². The average Bonchev–Trinajstić information content (AvgIpc) is 2.48. The van der Waals surface area contributed by atoms with Crippen LogP contribution in [0.15, 0.2) is 18.2 Å². The van der Waals surface area contributed by atoms with Crippen LogP contribution in [0, 0.1) is 12.3 Å². The van der Waals surface area contributed by atoms with Crippen LogP contribution in [-0.4, -0.2) is 44.5 Å². The van der Waals surface area contributed by atoms with Gasteiger partial charge in [0.15, 0.2) is 0 Å². The SMILES string of the molecule is CNc1cc(C)ccc1C(=O)NCC1(C)CCN(C)CC1. The van der Waals surface area contributed by atoms with E-state index in [1.807, 2.05) is 32.2 Å². The second kappa shape index (κ2) is 6.48. The van der Waals surface area contributed by atoms with Gasteiger partial charge in [-0.1, -0.05) is 13.0 Å². The molecule has 0 saturated carbocycles. The smallest absolute Gasteiger partial charge is 0.253 e. The van der Waals surface area contributed by atoms with Gasteiger partial charge < -0.3 is 15.5 Å². The first-order chi connectivity index (χ1) is 9.93. The van der Waals surface area contributed by atoms with Crippen LogP contribution in [0.5, 0.6) is 0 Å². The summed E-state index contributed by atoms with van der Waals surface area (Å²) in [6.45, 7) is 7.27. The fourth-order valence-corrected chi connectivity index (χ4v) is 2.79. The maximum absolute atomic E-state index is 12.4. The molecule has 4 nitrogen and oxygen atoms in total. The van der Waals surface area contributed by atoms with E-state index in [1.165, 1.54) is 0 Å². The first-order valence-electron chi connectivity index (χ1n) is 7.69. The second-order valence-electron chi connectivity index (χ2n) is 6.60. The molecule has 2 rings (SSSR count). The molecule has 1 saturated heterocycles. The molecular formula is C17H27N3O. The number of carbonyl (C=O) groups excluding carboxylic acids is 1. The predicted molar refractivity (Wildman–Crippen MR) is 87.9 cm³/mol. The Balaban J connectivity index is 1.99. The number of carbonyl (C=O) groups is 1. The van der Waals surface area contributed by atoms with Crippen molar-refractivity contribution in [3.8, 4) is 0 Å². The highest BCUT2D eigenvalue weighted by Gasteiger charge is 2.29. The third kappa shape index (κ3) is 3.97. The van der Waals surface area contributed by atoms with Gasteiger partial charge in [0, 0.05) is 19.3 Å². The zero-order chi connectivity index (χ0) is 15.5. The van der Waals surface area contributed by atoms with Crippen LogP contribution in [0.2, 0.25) is 0 Å². The van der Waals surface area contributed by atoms with Gasteiger partial charge in [-0.25, -0.2) is 0 Å². The Morgan fingerprint density at radius 3 is 2.62 bits per heavy atom. The summed E-state index contributed by atoms with van der Waals surface area (Å²) in [5.41, 5.74) is 2.98. The van der Waals surface area contributed by atoms with Crippen molar-refractivity contribution in [1.29, 1.82) is 0 Å². The van der Waals surface area contributed by atoms with Crippen molar-refractivity contribution in [2.45, 2.75) is 26.7 Å². The summed E-state index contributed by atoms with van der Waals surface area (Å²) >= 11 is 0. The number of benzene rings is 1. The number of hydrogen-bond acceptors (Lipinski definition) is 3. The number of hydrogen-bond donors (Lipinski definition) is 2. The quantitative estimate of drug-likeness (QED) is 0.895. The van der Waals surface area contributed by atoms with Gasteiger partial charge in [0.2, 0.25) is 0 Å². The predicted octanol–water partition coefficient (Wildman–Crippen LogP) is 2.50. The third-order valence-electron chi connectivity index (χ3n) is 4.56. The molecule has 0 bridgehead atoms. The van der Waals surface area contributed by atoms with Crippen LogP contribution in [-0.2, 0) is 0 Å². The number of nitrogens with one attached hydrogen (secondary N) is 2. The number of aryl methyl sites for hydroxylation is 1. The lowest BCUT2D eigenvalue weighted by molar-refractivity contribution is 0.0892. The molecular weight excluding hydrogens is 262 g/mol. The summed E-state index contributed by atoms with van der Waals surface area (Å²) in [5, 5.41) is 6.22. The van der Waals surface area contributed by atoms with Crippen molar-refractivity contribution in [2.24, 2.45) is 5.41 Å². The molecule has 1 aromatic rings. The topological polar surface area (TPSA) is 44.4 Å². The zero-order valence-electron chi connectivity index (χ0n) is 13.6. The Kier molecular flexibility index (Phi) is 4.88. The van der Waals surface area contributed by atoms with Gasteiger partial charge >= 0.3 is 0 Å². The van der Waals surface area contributed by atoms with E-state index in [0.717, 1.165) is 49.3 Å². The van der Waals surface area contributed by atoms with E-state index in [4.69, 9.17) is 0 Å². The molecule has 0 unspecified atom stereocenters. The van der Waals surface area contributed by atoms with E-state index in [1.54, 1.807) is 0 Å². The van der Waals surface area contributed by atoms with Gasteiger partial charge in [-0.05, 0) is 63.0 Å². The minimum atomic E-state index is 0.0134. The lowest BCUT2D eigenvalue weighted by atomic mass is 9.80. The molecule has 1 aromatic carbocycles. The molecule has 0 atom stereocenters. The molecule has 4 heteroatoms. The molecule has 1 heterocycles. The lowest BCUT2D eigenvalue weighted by Gasteiger charge is -2.38. The van der Waals surface area contributed by atoms with Gasteiger partial charge in [-0.2, -0.15) is 0 Å². The van der Waals surface area contributed by atoms with Crippen molar-refractivity contribution in [2.75, 3.05) is 39.0 Å². The molecule has 0 radical (unpaired) electrons. The molecule has 1 aliphatic heterocycles. The van der Waals surface area contributed by atoms with Crippen molar-refractivity contribution in [3.05, 3.63) is 29.3 Å². The third-order valence-corrected chi connectivity index (χ3v) is 4.56. The van der Waals surface area contributed by atoms with Gasteiger partial charge in [0.1, 0.15) is 0 Å². The summed E-state index contributed by atoms with van der Waals surface area (Å²) in [7, 11) is 4.01. The van der Waals surface area contributed by atoms with E-state index in [0.29, 0.717) is 0 Å². The maximum atomic E-state index is 12.4. The second-order valence-corrected chi connectivity index (χ2v) is 6.60. The largest absolute Gasteiger partial charge is 0.387 e. The number of piperidine rings is 1. The average molecular weight is 289 g/mol. The van der Waals surface area contributed by atoms with Gasteiger partial charge in [-0.15, -0.1) is 0 Å². The Hall–Kier alpha value is -1.55. The van der Waals surface area contributed by atoms with Crippen molar-refractivity contribution in [1.82, 2.24) is 10.2 Å². The molecule has 0 aromatic heterocycles. The normalized spacial score (nSPS) is 18.3. The minimum Gasteiger partial charge on any atom is -0.387 e. The Bertz CT molecular complexity index is 505. The van der Waals surface area contributed by atoms with Crippen LogP contribution in [0.3, 0.4) is 0 Å². The summed E-state index contributed by atoms with van der Waals surface area (Å²) in [5.74, 6) is 0.0134. The lowest BCUT2D eigenvalue weighted by Crippen LogP contribution is -2.43. The summed E-state index contributed by atoms with van der Waals surface area (Å²) in [6, 6.07) is 5.88. The first kappa shape index (κ1) is 15.8. The number of anilines is 1. The molecule has 21 heavy (non-hydrogen) atoms. The van der Waals surface area contributed by atoms with E-state index < -0.39 is 0 Å². The summed E-state index contributed by atoms with van der Waals surface area (Å²) < 4.78 is 0. The van der Waals surface area contributed by atoms with E-state index >= 15 is 0 Å². The number of nitrogens with zero attached hydrogens (tertiary/aromatic N) is 1. The number of likely N-dealkylation sites (tertiary alicyclic amines) is 1. The molecule has 1 fully saturated rings. The highest BCUT2D eigenvalue weighted by molar-refractivity contribution is 5.99. The first-order valence-corrected chi connectivity index (χ1v) is 7.69.